The van der Waals surface area contributed by atoms with Gasteiger partial charge in [-0.1, -0.05) is 6.07 Å². The summed E-state index contributed by atoms with van der Waals surface area (Å²) >= 11 is 6.85. The number of carbonyl (C=O) groups excluding carboxylic acids is 1. The molecule has 2 N–H and O–H groups in total. The molecule has 23 heavy (non-hydrogen) atoms. The van der Waals surface area contributed by atoms with E-state index in [1.165, 1.54) is 36.0 Å². The van der Waals surface area contributed by atoms with E-state index in [4.69, 9.17) is 17.0 Å². The van der Waals surface area contributed by atoms with Crippen molar-refractivity contribution in [3.05, 3.63) is 45.8 Å². The average molecular weight is 346 g/mol. The first-order valence-electron chi connectivity index (χ1n) is 7.45. The number of thiophene rings is 1. The molecule has 1 aliphatic rings. The molecule has 1 aromatic heterocycles. The van der Waals surface area contributed by atoms with Gasteiger partial charge < -0.3 is 15.4 Å². The van der Waals surface area contributed by atoms with Crippen molar-refractivity contribution in [3.8, 4) is 0 Å². The fourth-order valence-corrected chi connectivity index (χ4v) is 3.97. The van der Waals surface area contributed by atoms with Crippen LogP contribution in [0.5, 0.6) is 0 Å². The number of hydrogen-bond donors (Lipinski definition) is 2. The van der Waals surface area contributed by atoms with E-state index in [1.807, 2.05) is 13.0 Å². The van der Waals surface area contributed by atoms with Crippen LogP contribution in [0.2, 0.25) is 0 Å². The number of nitrogens with one attached hydrogen (secondary N) is 2. The second-order valence-corrected chi connectivity index (χ2v) is 7.17. The van der Waals surface area contributed by atoms with Gasteiger partial charge in [-0.25, -0.2) is 4.79 Å². The van der Waals surface area contributed by atoms with Crippen molar-refractivity contribution in [1.82, 2.24) is 0 Å². The standard InChI is InChI=1S/C17H18N2O2S2/c1-10-8-14(16(20)21-2)15(23-10)19-17(22)18-13-7-6-11-4-3-5-12(11)9-13/h6-9H,3-5H2,1-2H3,(H2,18,19,22). The monoisotopic (exact) mass is 346 g/mol. The molecule has 0 fully saturated rings. The third kappa shape index (κ3) is 3.54. The number of fused-ring (bicyclic) bond motifs is 1. The Bertz CT molecular complexity index is 768. The summed E-state index contributed by atoms with van der Waals surface area (Å²) in [5.74, 6) is -0.364. The van der Waals surface area contributed by atoms with E-state index in [0.717, 1.165) is 23.4 Å². The Kier molecular flexibility index (Phi) is 4.63. The van der Waals surface area contributed by atoms with Crippen molar-refractivity contribution in [2.45, 2.75) is 26.2 Å². The van der Waals surface area contributed by atoms with E-state index in [0.29, 0.717) is 15.7 Å². The number of anilines is 2. The van der Waals surface area contributed by atoms with E-state index in [2.05, 4.69) is 22.8 Å². The van der Waals surface area contributed by atoms with Crippen LogP contribution in [0.4, 0.5) is 10.7 Å². The summed E-state index contributed by atoms with van der Waals surface area (Å²) in [7, 11) is 1.38. The first kappa shape index (κ1) is 16.0. The number of ether oxygens (including phenoxy) is 1. The Morgan fingerprint density at radius 2 is 2.00 bits per heavy atom. The van der Waals surface area contributed by atoms with Gasteiger partial charge in [0.2, 0.25) is 0 Å². The molecule has 0 saturated carbocycles. The molecule has 1 aliphatic carbocycles. The third-order valence-corrected chi connectivity index (χ3v) is 5.01. The van der Waals surface area contributed by atoms with Gasteiger partial charge in [0.05, 0.1) is 12.7 Å². The minimum Gasteiger partial charge on any atom is -0.465 e. The molecular weight excluding hydrogens is 328 g/mol. The molecule has 0 atom stereocenters. The topological polar surface area (TPSA) is 50.4 Å². The van der Waals surface area contributed by atoms with E-state index in [1.54, 1.807) is 6.07 Å². The molecule has 120 valence electrons. The van der Waals surface area contributed by atoms with Gasteiger partial charge >= 0.3 is 5.97 Å². The van der Waals surface area contributed by atoms with Crippen LogP contribution in [0.3, 0.4) is 0 Å². The van der Waals surface area contributed by atoms with Crippen LogP contribution in [0.25, 0.3) is 0 Å². The van der Waals surface area contributed by atoms with Crippen LogP contribution in [-0.4, -0.2) is 18.2 Å². The van der Waals surface area contributed by atoms with Crippen LogP contribution < -0.4 is 10.6 Å². The fourth-order valence-electron chi connectivity index (χ4n) is 2.78. The molecule has 0 aliphatic heterocycles. The Labute approximate surface area is 144 Å². The molecule has 1 aromatic carbocycles. The molecule has 0 bridgehead atoms. The quantitative estimate of drug-likeness (QED) is 0.646. The summed E-state index contributed by atoms with van der Waals surface area (Å²) in [5, 5.41) is 7.46. The predicted octanol–water partition coefficient (Wildman–Crippen LogP) is 4.14. The molecular formula is C17H18N2O2S2. The molecule has 4 nitrogen and oxygen atoms in total. The zero-order valence-electron chi connectivity index (χ0n) is 13.1. The highest BCUT2D eigenvalue weighted by atomic mass is 32.1. The Balaban J connectivity index is 1.71. The number of benzene rings is 1. The molecule has 0 amide bonds. The molecule has 0 unspecified atom stereocenters. The van der Waals surface area contributed by atoms with Crippen molar-refractivity contribution in [2.75, 3.05) is 17.7 Å². The summed E-state index contributed by atoms with van der Waals surface area (Å²) in [4.78, 5) is 12.8. The highest BCUT2D eigenvalue weighted by Crippen LogP contribution is 2.29. The van der Waals surface area contributed by atoms with Gasteiger partial charge in [-0.15, -0.1) is 11.3 Å². The van der Waals surface area contributed by atoms with Crippen molar-refractivity contribution in [3.63, 3.8) is 0 Å². The summed E-state index contributed by atoms with van der Waals surface area (Å²) < 4.78 is 4.80. The van der Waals surface area contributed by atoms with Gasteiger partial charge in [0.15, 0.2) is 5.11 Å². The Hall–Kier alpha value is -1.92. The second-order valence-electron chi connectivity index (χ2n) is 5.51. The van der Waals surface area contributed by atoms with Crippen LogP contribution in [0.1, 0.15) is 32.8 Å². The van der Waals surface area contributed by atoms with Crippen LogP contribution in [-0.2, 0) is 17.6 Å². The number of esters is 1. The number of hydrogen-bond acceptors (Lipinski definition) is 4. The normalized spacial score (nSPS) is 12.6. The van der Waals surface area contributed by atoms with Gasteiger partial charge in [0, 0.05) is 10.6 Å². The number of carbonyl (C=O) groups is 1. The SMILES string of the molecule is COC(=O)c1cc(C)sc1NC(=S)Nc1ccc2c(c1)CCC2. The first-order valence-corrected chi connectivity index (χ1v) is 8.68. The van der Waals surface area contributed by atoms with Gasteiger partial charge in [0.1, 0.15) is 5.00 Å². The molecule has 0 radical (unpaired) electrons. The summed E-state index contributed by atoms with van der Waals surface area (Å²) in [6, 6.07) is 8.15. The third-order valence-electron chi connectivity index (χ3n) is 3.84. The maximum Gasteiger partial charge on any atom is 0.340 e. The van der Waals surface area contributed by atoms with E-state index in [9.17, 15) is 4.79 Å². The lowest BCUT2D eigenvalue weighted by molar-refractivity contribution is 0.0602. The van der Waals surface area contributed by atoms with Crippen molar-refractivity contribution in [2.24, 2.45) is 0 Å². The molecule has 0 saturated heterocycles. The maximum absolute atomic E-state index is 11.8. The fraction of sp³-hybridized carbons (Fsp3) is 0.294. The Morgan fingerprint density at radius 3 is 2.78 bits per heavy atom. The minimum absolute atomic E-state index is 0.364. The molecule has 0 spiro atoms. The van der Waals surface area contributed by atoms with Crippen molar-refractivity contribution < 1.29 is 9.53 Å². The van der Waals surface area contributed by atoms with Crippen molar-refractivity contribution >= 4 is 45.3 Å². The van der Waals surface area contributed by atoms with Crippen LogP contribution >= 0.6 is 23.6 Å². The number of rotatable bonds is 3. The predicted molar refractivity (Wildman–Crippen MR) is 98.7 cm³/mol. The van der Waals surface area contributed by atoms with Gasteiger partial charge in [-0.05, 0) is 67.7 Å². The summed E-state index contributed by atoms with van der Waals surface area (Å²) in [6.45, 7) is 1.94. The zero-order chi connectivity index (χ0) is 16.4. The Morgan fingerprint density at radius 1 is 1.22 bits per heavy atom. The van der Waals surface area contributed by atoms with Crippen LogP contribution in [0.15, 0.2) is 24.3 Å². The number of aryl methyl sites for hydroxylation is 3. The lowest BCUT2D eigenvalue weighted by Crippen LogP contribution is -2.20. The number of methoxy groups -OCH3 is 1. The number of thiocarbonyl (C=S) groups is 1. The summed E-state index contributed by atoms with van der Waals surface area (Å²) in [5.41, 5.74) is 4.29. The van der Waals surface area contributed by atoms with Gasteiger partial charge in [-0.2, -0.15) is 0 Å². The maximum atomic E-state index is 11.8. The molecule has 6 heteroatoms. The van der Waals surface area contributed by atoms with Gasteiger partial charge in [0.25, 0.3) is 0 Å². The smallest absolute Gasteiger partial charge is 0.340 e. The highest BCUT2D eigenvalue weighted by molar-refractivity contribution is 7.80. The van der Waals surface area contributed by atoms with E-state index in [-0.39, 0.29) is 5.97 Å². The largest absolute Gasteiger partial charge is 0.465 e. The zero-order valence-corrected chi connectivity index (χ0v) is 14.7. The van der Waals surface area contributed by atoms with Gasteiger partial charge in [-0.3, -0.25) is 0 Å². The molecule has 3 rings (SSSR count). The first-order chi connectivity index (χ1) is 11.1. The molecule has 1 heterocycles. The van der Waals surface area contributed by atoms with Crippen LogP contribution in [0, 0.1) is 6.92 Å². The lowest BCUT2D eigenvalue weighted by atomic mass is 10.1. The van der Waals surface area contributed by atoms with E-state index >= 15 is 0 Å². The van der Waals surface area contributed by atoms with Crippen molar-refractivity contribution in [1.29, 1.82) is 0 Å². The highest BCUT2D eigenvalue weighted by Gasteiger charge is 2.16. The van der Waals surface area contributed by atoms with E-state index < -0.39 is 0 Å². The molecule has 2 aromatic rings. The summed E-state index contributed by atoms with van der Waals surface area (Å²) in [6.07, 6.45) is 3.51. The average Bonchev–Trinajstić information content (AvgIpc) is 3.12. The second kappa shape index (κ2) is 6.68. The minimum atomic E-state index is -0.364. The lowest BCUT2D eigenvalue weighted by Gasteiger charge is -2.11.